The molecule has 4 rings (SSSR count). The van der Waals surface area contributed by atoms with E-state index in [1.807, 2.05) is 0 Å². The number of carbonyl (C=O) groups excluding carboxylic acids is 2. The van der Waals surface area contributed by atoms with Crippen molar-refractivity contribution < 1.29 is 14.3 Å². The van der Waals surface area contributed by atoms with Crippen LogP contribution in [0.5, 0.6) is 11.5 Å². The molecule has 1 amide bonds. The van der Waals surface area contributed by atoms with Gasteiger partial charge in [-0.05, 0) is 56.5 Å². The van der Waals surface area contributed by atoms with Gasteiger partial charge in [-0.1, -0.05) is 0 Å². The number of Topliss-reactive ketones (excluding diaryl/α,β-unsaturated/α-hetero) is 1. The summed E-state index contributed by atoms with van der Waals surface area (Å²) in [5.74, 6) is 0.954. The highest BCUT2D eigenvalue weighted by atomic mass is 16.5. The minimum absolute atomic E-state index is 0.0591. The van der Waals surface area contributed by atoms with Crippen LogP contribution in [-0.4, -0.2) is 34.8 Å². The van der Waals surface area contributed by atoms with Crippen LogP contribution in [0.25, 0.3) is 0 Å². The number of nitrogens with one attached hydrogen (secondary N) is 2. The Hall–Kier alpha value is -2.73. The molecule has 134 valence electrons. The van der Waals surface area contributed by atoms with Gasteiger partial charge in [0.25, 0.3) is 5.91 Å². The molecule has 2 N–H and O–H groups in total. The molecule has 2 saturated heterocycles. The van der Waals surface area contributed by atoms with Crippen molar-refractivity contribution in [1.29, 1.82) is 0 Å². The van der Waals surface area contributed by atoms with E-state index < -0.39 is 0 Å². The molecule has 2 bridgehead atoms. The Kier molecular flexibility index (Phi) is 4.42. The second-order valence-corrected chi connectivity index (χ2v) is 6.96. The summed E-state index contributed by atoms with van der Waals surface area (Å²) in [6, 6.07) is 9.81. The third-order valence-electron chi connectivity index (χ3n) is 5.09. The van der Waals surface area contributed by atoms with Crippen LogP contribution in [0.3, 0.4) is 0 Å². The van der Waals surface area contributed by atoms with E-state index in [0.29, 0.717) is 34.7 Å². The van der Waals surface area contributed by atoms with Crippen LogP contribution in [0.15, 0.2) is 42.7 Å². The number of amides is 1. The van der Waals surface area contributed by atoms with Crippen molar-refractivity contribution in [2.45, 2.75) is 44.3 Å². The Morgan fingerprint density at radius 2 is 1.92 bits per heavy atom. The summed E-state index contributed by atoms with van der Waals surface area (Å²) in [5.41, 5.74) is 1.11. The molecule has 2 aliphatic rings. The molecular weight excluding hydrogens is 330 g/mol. The SMILES string of the molecule is CC(=O)c1cncc(Oc2ccc(C(=O)N[C@@H]3C[C@H]4CC[C@@H]3N4)cc2)c1. The van der Waals surface area contributed by atoms with Gasteiger partial charge in [0, 0.05) is 35.4 Å². The molecule has 0 aliphatic carbocycles. The molecule has 0 spiro atoms. The minimum atomic E-state index is -0.0647. The molecule has 3 heterocycles. The molecule has 6 nitrogen and oxygen atoms in total. The Bertz CT molecular complexity index is 834. The summed E-state index contributed by atoms with van der Waals surface area (Å²) in [6.45, 7) is 1.49. The normalized spacial score (nSPS) is 23.7. The highest BCUT2D eigenvalue weighted by Gasteiger charge is 2.39. The summed E-state index contributed by atoms with van der Waals surface area (Å²) in [4.78, 5) is 27.9. The molecule has 0 saturated carbocycles. The number of rotatable bonds is 5. The second-order valence-electron chi connectivity index (χ2n) is 6.96. The predicted molar refractivity (Wildman–Crippen MR) is 96.6 cm³/mol. The monoisotopic (exact) mass is 351 g/mol. The molecule has 2 fully saturated rings. The maximum atomic E-state index is 12.4. The lowest BCUT2D eigenvalue weighted by Crippen LogP contribution is -2.42. The number of benzene rings is 1. The fourth-order valence-electron chi connectivity index (χ4n) is 3.71. The predicted octanol–water partition coefficient (Wildman–Crippen LogP) is 2.70. The summed E-state index contributed by atoms with van der Waals surface area (Å²) < 4.78 is 5.72. The van der Waals surface area contributed by atoms with Crippen molar-refractivity contribution in [3.63, 3.8) is 0 Å². The van der Waals surface area contributed by atoms with E-state index >= 15 is 0 Å². The lowest BCUT2D eigenvalue weighted by Gasteiger charge is -2.21. The molecule has 0 unspecified atom stereocenters. The Balaban J connectivity index is 1.39. The topological polar surface area (TPSA) is 80.3 Å². The van der Waals surface area contributed by atoms with Crippen LogP contribution in [0, 0.1) is 0 Å². The lowest BCUT2D eigenvalue weighted by molar-refractivity contribution is 0.0930. The summed E-state index contributed by atoms with van der Waals surface area (Å²) in [7, 11) is 0. The zero-order valence-corrected chi connectivity index (χ0v) is 14.6. The maximum Gasteiger partial charge on any atom is 0.251 e. The van der Waals surface area contributed by atoms with Crippen molar-refractivity contribution >= 4 is 11.7 Å². The first-order chi connectivity index (χ1) is 12.6. The molecule has 26 heavy (non-hydrogen) atoms. The molecule has 2 aliphatic heterocycles. The first-order valence-electron chi connectivity index (χ1n) is 8.89. The van der Waals surface area contributed by atoms with E-state index in [1.54, 1.807) is 36.5 Å². The standard InChI is InChI=1S/C20H21N3O3/c1-12(24)14-8-17(11-21-10-14)26-16-5-2-13(3-6-16)20(25)23-19-9-15-4-7-18(19)22-15/h2-3,5-6,8,10-11,15,18-19,22H,4,7,9H2,1H3,(H,23,25)/t15-,18+,19-/m1/s1. The number of hydrogen-bond donors (Lipinski definition) is 2. The molecular formula is C20H21N3O3. The van der Waals surface area contributed by atoms with Gasteiger partial charge in [-0.2, -0.15) is 0 Å². The summed E-state index contributed by atoms with van der Waals surface area (Å²) >= 11 is 0. The van der Waals surface area contributed by atoms with E-state index in [9.17, 15) is 9.59 Å². The third kappa shape index (κ3) is 3.46. The van der Waals surface area contributed by atoms with Gasteiger partial charge in [0.05, 0.1) is 6.20 Å². The minimum Gasteiger partial charge on any atom is -0.456 e. The Labute approximate surface area is 152 Å². The number of carbonyl (C=O) groups is 2. The quantitative estimate of drug-likeness (QED) is 0.810. The van der Waals surface area contributed by atoms with E-state index in [1.165, 1.54) is 19.5 Å². The number of nitrogens with zero attached hydrogens (tertiary/aromatic N) is 1. The zero-order valence-electron chi connectivity index (χ0n) is 14.6. The third-order valence-corrected chi connectivity index (χ3v) is 5.09. The zero-order chi connectivity index (χ0) is 18.1. The molecule has 3 atom stereocenters. The van der Waals surface area contributed by atoms with E-state index in [-0.39, 0.29) is 17.7 Å². The average molecular weight is 351 g/mol. The van der Waals surface area contributed by atoms with Crippen molar-refractivity contribution in [2.24, 2.45) is 0 Å². The van der Waals surface area contributed by atoms with Gasteiger partial charge in [0.1, 0.15) is 11.5 Å². The smallest absolute Gasteiger partial charge is 0.251 e. The van der Waals surface area contributed by atoms with Gasteiger partial charge < -0.3 is 15.4 Å². The van der Waals surface area contributed by atoms with Gasteiger partial charge in [-0.25, -0.2) is 0 Å². The van der Waals surface area contributed by atoms with Crippen LogP contribution in [-0.2, 0) is 0 Å². The van der Waals surface area contributed by atoms with Crippen molar-refractivity contribution in [3.8, 4) is 11.5 Å². The second kappa shape index (κ2) is 6.88. The average Bonchev–Trinajstić information content (AvgIpc) is 3.25. The molecule has 6 heteroatoms. The highest BCUT2D eigenvalue weighted by molar-refractivity contribution is 5.95. The fourth-order valence-corrected chi connectivity index (χ4v) is 3.71. The molecule has 1 aromatic carbocycles. The Morgan fingerprint density at radius 3 is 2.58 bits per heavy atom. The first-order valence-corrected chi connectivity index (χ1v) is 8.89. The molecule has 2 aromatic rings. The van der Waals surface area contributed by atoms with Crippen LogP contribution in [0.2, 0.25) is 0 Å². The highest BCUT2D eigenvalue weighted by Crippen LogP contribution is 2.28. The number of ether oxygens (including phenoxy) is 1. The fraction of sp³-hybridized carbons (Fsp3) is 0.350. The van der Waals surface area contributed by atoms with Crippen molar-refractivity contribution in [3.05, 3.63) is 53.9 Å². The summed E-state index contributed by atoms with van der Waals surface area (Å²) in [6.07, 6.45) is 6.41. The van der Waals surface area contributed by atoms with Crippen LogP contribution < -0.4 is 15.4 Å². The molecule has 1 aromatic heterocycles. The van der Waals surface area contributed by atoms with Crippen molar-refractivity contribution in [2.75, 3.05) is 0 Å². The van der Waals surface area contributed by atoms with E-state index in [4.69, 9.17) is 4.74 Å². The number of ketones is 1. The molecule has 0 radical (unpaired) electrons. The number of aromatic nitrogens is 1. The largest absolute Gasteiger partial charge is 0.456 e. The van der Waals surface area contributed by atoms with Gasteiger partial charge in [-0.15, -0.1) is 0 Å². The van der Waals surface area contributed by atoms with Gasteiger partial charge >= 0.3 is 0 Å². The number of fused-ring (bicyclic) bond motifs is 2. The van der Waals surface area contributed by atoms with Gasteiger partial charge in [-0.3, -0.25) is 14.6 Å². The number of pyridine rings is 1. The Morgan fingerprint density at radius 1 is 1.12 bits per heavy atom. The first kappa shape index (κ1) is 16.7. The van der Waals surface area contributed by atoms with Crippen molar-refractivity contribution in [1.82, 2.24) is 15.6 Å². The maximum absolute atomic E-state index is 12.4. The summed E-state index contributed by atoms with van der Waals surface area (Å²) in [5, 5.41) is 6.64. The van der Waals surface area contributed by atoms with Crippen LogP contribution in [0.1, 0.15) is 46.9 Å². The van der Waals surface area contributed by atoms with E-state index in [2.05, 4.69) is 15.6 Å². The van der Waals surface area contributed by atoms with Crippen LogP contribution in [0.4, 0.5) is 0 Å². The van der Waals surface area contributed by atoms with Gasteiger partial charge in [0.15, 0.2) is 5.78 Å². The van der Waals surface area contributed by atoms with Gasteiger partial charge in [0.2, 0.25) is 0 Å². The lowest BCUT2D eigenvalue weighted by atomic mass is 9.95. The van der Waals surface area contributed by atoms with Crippen LogP contribution >= 0.6 is 0 Å². The van der Waals surface area contributed by atoms with E-state index in [0.717, 1.165) is 12.8 Å². The number of hydrogen-bond acceptors (Lipinski definition) is 5.